The van der Waals surface area contributed by atoms with E-state index in [1.165, 1.54) is 0 Å². The fourth-order valence-electron chi connectivity index (χ4n) is 1.23. The number of rotatable bonds is 5. The van der Waals surface area contributed by atoms with E-state index in [2.05, 4.69) is 10.3 Å². The van der Waals surface area contributed by atoms with Crippen molar-refractivity contribution in [1.82, 2.24) is 4.98 Å². The lowest BCUT2D eigenvalue weighted by molar-refractivity contribution is 0.190. The molecular weight excluding hydrogens is 210 g/mol. The maximum Gasteiger partial charge on any atom is 0.122 e. The minimum atomic E-state index is 0.233. The molecule has 0 aromatic carbocycles. The van der Waals surface area contributed by atoms with Crippen LogP contribution in [0.1, 0.15) is 12.6 Å². The molecule has 5 heteroatoms. The molecule has 3 N–H and O–H groups in total. The van der Waals surface area contributed by atoms with Crippen LogP contribution in [0.4, 0.5) is 5.69 Å². The molecule has 0 aliphatic rings. The third-order valence-electron chi connectivity index (χ3n) is 1.84. The number of anilines is 1. The van der Waals surface area contributed by atoms with Crippen LogP contribution >= 0.6 is 12.2 Å². The van der Waals surface area contributed by atoms with Gasteiger partial charge in [-0.25, -0.2) is 0 Å². The number of methoxy groups -OCH3 is 1. The molecule has 0 saturated heterocycles. The minimum Gasteiger partial charge on any atom is -0.388 e. The van der Waals surface area contributed by atoms with Crippen molar-refractivity contribution in [3.8, 4) is 0 Å². The average Bonchev–Trinajstić information content (AvgIpc) is 2.18. The second kappa shape index (κ2) is 5.63. The van der Waals surface area contributed by atoms with Crippen LogP contribution in [0.3, 0.4) is 0 Å². The van der Waals surface area contributed by atoms with Gasteiger partial charge in [0.1, 0.15) is 4.99 Å². The van der Waals surface area contributed by atoms with Crippen molar-refractivity contribution in [2.24, 2.45) is 5.73 Å². The summed E-state index contributed by atoms with van der Waals surface area (Å²) in [5.41, 5.74) is 7.06. The first-order valence-corrected chi connectivity index (χ1v) is 5.05. The maximum absolute atomic E-state index is 5.49. The summed E-state index contributed by atoms with van der Waals surface area (Å²) >= 11 is 4.85. The summed E-state index contributed by atoms with van der Waals surface area (Å²) in [5.74, 6) is 0. The number of aromatic nitrogens is 1. The van der Waals surface area contributed by atoms with Crippen LogP contribution in [-0.4, -0.2) is 29.7 Å². The molecule has 0 fully saturated rings. The SMILES string of the molecule is COCC(C)Nc1ccnc(C(N)=S)c1. The van der Waals surface area contributed by atoms with Crippen LogP contribution in [0.2, 0.25) is 0 Å². The molecule has 0 aliphatic carbocycles. The van der Waals surface area contributed by atoms with Gasteiger partial charge in [-0.2, -0.15) is 0 Å². The highest BCUT2D eigenvalue weighted by molar-refractivity contribution is 7.80. The van der Waals surface area contributed by atoms with Gasteiger partial charge >= 0.3 is 0 Å². The van der Waals surface area contributed by atoms with Gasteiger partial charge < -0.3 is 15.8 Å². The van der Waals surface area contributed by atoms with E-state index in [4.69, 9.17) is 22.7 Å². The van der Waals surface area contributed by atoms with E-state index in [0.717, 1.165) is 5.69 Å². The largest absolute Gasteiger partial charge is 0.388 e. The molecule has 1 heterocycles. The van der Waals surface area contributed by atoms with Gasteiger partial charge in [0.05, 0.1) is 12.3 Å². The summed E-state index contributed by atoms with van der Waals surface area (Å²) in [6, 6.07) is 3.93. The van der Waals surface area contributed by atoms with Crippen LogP contribution in [0.5, 0.6) is 0 Å². The topological polar surface area (TPSA) is 60.2 Å². The molecule has 0 bridgehead atoms. The Balaban J connectivity index is 2.69. The van der Waals surface area contributed by atoms with Gasteiger partial charge in [0, 0.05) is 25.0 Å². The highest BCUT2D eigenvalue weighted by Crippen LogP contribution is 2.09. The van der Waals surface area contributed by atoms with Gasteiger partial charge in [-0.15, -0.1) is 0 Å². The number of nitrogens with zero attached hydrogens (tertiary/aromatic N) is 1. The highest BCUT2D eigenvalue weighted by atomic mass is 32.1. The number of thiocarbonyl (C=S) groups is 1. The van der Waals surface area contributed by atoms with Crippen molar-refractivity contribution in [1.29, 1.82) is 0 Å². The van der Waals surface area contributed by atoms with Gasteiger partial charge in [-0.1, -0.05) is 12.2 Å². The van der Waals surface area contributed by atoms with Crippen molar-refractivity contribution in [3.05, 3.63) is 24.0 Å². The van der Waals surface area contributed by atoms with E-state index in [1.807, 2.05) is 19.1 Å². The summed E-state index contributed by atoms with van der Waals surface area (Å²) in [4.78, 5) is 4.36. The zero-order valence-corrected chi connectivity index (χ0v) is 9.67. The number of ether oxygens (including phenoxy) is 1. The van der Waals surface area contributed by atoms with E-state index in [0.29, 0.717) is 17.3 Å². The zero-order valence-electron chi connectivity index (χ0n) is 8.86. The molecule has 0 amide bonds. The molecule has 1 aromatic heterocycles. The Morgan fingerprint density at radius 3 is 3.07 bits per heavy atom. The van der Waals surface area contributed by atoms with Crippen molar-refractivity contribution >= 4 is 22.9 Å². The van der Waals surface area contributed by atoms with Crippen LogP contribution in [0.15, 0.2) is 18.3 Å². The molecule has 0 spiro atoms. The lowest BCUT2D eigenvalue weighted by Gasteiger charge is -2.14. The first-order valence-electron chi connectivity index (χ1n) is 4.65. The minimum absolute atomic E-state index is 0.233. The lowest BCUT2D eigenvalue weighted by atomic mass is 10.3. The van der Waals surface area contributed by atoms with Crippen molar-refractivity contribution in [2.75, 3.05) is 19.0 Å². The Morgan fingerprint density at radius 2 is 2.47 bits per heavy atom. The predicted molar refractivity (Wildman–Crippen MR) is 65.1 cm³/mol. The van der Waals surface area contributed by atoms with E-state index in [9.17, 15) is 0 Å². The van der Waals surface area contributed by atoms with E-state index >= 15 is 0 Å². The fourth-order valence-corrected chi connectivity index (χ4v) is 1.34. The molecule has 1 unspecified atom stereocenters. The number of nitrogens with one attached hydrogen (secondary N) is 1. The summed E-state index contributed by atoms with van der Waals surface area (Å²) in [6.45, 7) is 2.68. The van der Waals surface area contributed by atoms with E-state index in [-0.39, 0.29) is 6.04 Å². The molecule has 1 atom stereocenters. The van der Waals surface area contributed by atoms with Gasteiger partial charge in [-0.05, 0) is 19.1 Å². The summed E-state index contributed by atoms with van der Waals surface area (Å²) in [6.07, 6.45) is 1.68. The third kappa shape index (κ3) is 3.81. The highest BCUT2D eigenvalue weighted by Gasteiger charge is 2.03. The van der Waals surface area contributed by atoms with E-state index < -0.39 is 0 Å². The molecule has 0 saturated carbocycles. The molecular formula is C10H15N3OS. The molecule has 0 aliphatic heterocycles. The first kappa shape index (κ1) is 11.9. The Morgan fingerprint density at radius 1 is 1.73 bits per heavy atom. The maximum atomic E-state index is 5.49. The average molecular weight is 225 g/mol. The zero-order chi connectivity index (χ0) is 11.3. The van der Waals surface area contributed by atoms with Gasteiger partial charge in [0.2, 0.25) is 0 Å². The van der Waals surface area contributed by atoms with Crippen molar-refractivity contribution in [3.63, 3.8) is 0 Å². The summed E-state index contributed by atoms with van der Waals surface area (Å²) in [7, 11) is 1.67. The lowest BCUT2D eigenvalue weighted by Crippen LogP contribution is -2.21. The summed E-state index contributed by atoms with van der Waals surface area (Å²) in [5, 5.41) is 3.26. The first-order chi connectivity index (χ1) is 7.13. The molecule has 1 rings (SSSR count). The van der Waals surface area contributed by atoms with Gasteiger partial charge in [-0.3, -0.25) is 4.98 Å². The normalized spacial score (nSPS) is 12.1. The van der Waals surface area contributed by atoms with Crippen molar-refractivity contribution < 1.29 is 4.74 Å². The monoisotopic (exact) mass is 225 g/mol. The fraction of sp³-hybridized carbons (Fsp3) is 0.400. The standard InChI is InChI=1S/C10H15N3OS/c1-7(6-14-2)13-8-3-4-12-9(5-8)10(11)15/h3-5,7H,6H2,1-2H3,(H2,11,15)(H,12,13). The van der Waals surface area contributed by atoms with Crippen molar-refractivity contribution in [2.45, 2.75) is 13.0 Å². The Labute approximate surface area is 94.8 Å². The van der Waals surface area contributed by atoms with Gasteiger partial charge in [0.15, 0.2) is 0 Å². The molecule has 15 heavy (non-hydrogen) atoms. The molecule has 4 nitrogen and oxygen atoms in total. The summed E-state index contributed by atoms with van der Waals surface area (Å²) < 4.78 is 5.02. The van der Waals surface area contributed by atoms with Crippen LogP contribution < -0.4 is 11.1 Å². The number of nitrogens with two attached hydrogens (primary N) is 1. The number of hydrogen-bond donors (Lipinski definition) is 2. The third-order valence-corrected chi connectivity index (χ3v) is 2.05. The Bertz CT molecular complexity index is 343. The number of hydrogen-bond acceptors (Lipinski definition) is 4. The Kier molecular flexibility index (Phi) is 4.45. The molecule has 82 valence electrons. The van der Waals surface area contributed by atoms with E-state index in [1.54, 1.807) is 13.3 Å². The number of pyridine rings is 1. The van der Waals surface area contributed by atoms with Gasteiger partial charge in [0.25, 0.3) is 0 Å². The molecule has 0 radical (unpaired) electrons. The quantitative estimate of drug-likeness (QED) is 0.736. The van der Waals surface area contributed by atoms with Crippen LogP contribution in [-0.2, 0) is 4.74 Å². The van der Waals surface area contributed by atoms with Crippen LogP contribution in [0, 0.1) is 0 Å². The molecule has 1 aromatic rings. The predicted octanol–water partition coefficient (Wildman–Crippen LogP) is 1.16. The smallest absolute Gasteiger partial charge is 0.122 e. The van der Waals surface area contributed by atoms with Crippen LogP contribution in [0.25, 0.3) is 0 Å². The second-order valence-electron chi connectivity index (χ2n) is 3.29. The second-order valence-corrected chi connectivity index (χ2v) is 3.73. The Hall–Kier alpha value is -1.20.